The molecule has 3 aromatic rings. The third-order valence-corrected chi connectivity index (χ3v) is 6.02. The number of benzene rings is 2. The standard InChI is InChI=1S/C29H28F6O6/c1-4-5-6-7-18-8-11-22(25(12-18)41-29(33,34)35)23-13-19-9-10-21(14-24(19)40-27(23)37)38-15-20(28(30,31)32)16-39-26(36)17(2)3/h8-14,20H,2,4-7,15-16H2,1,3H3. The average Bonchev–Trinajstić information content (AvgIpc) is 2.86. The summed E-state index contributed by atoms with van der Waals surface area (Å²) in [5, 5.41) is 0.277. The van der Waals surface area contributed by atoms with Crippen LogP contribution in [0.4, 0.5) is 26.3 Å². The van der Waals surface area contributed by atoms with Gasteiger partial charge in [-0.25, -0.2) is 9.59 Å². The number of hydrogen-bond donors (Lipinski definition) is 0. The number of hydrogen-bond acceptors (Lipinski definition) is 6. The van der Waals surface area contributed by atoms with E-state index in [1.165, 1.54) is 43.3 Å². The van der Waals surface area contributed by atoms with E-state index >= 15 is 0 Å². The molecule has 0 amide bonds. The molecule has 0 spiro atoms. The molecule has 222 valence electrons. The van der Waals surface area contributed by atoms with Crippen LogP contribution in [0.3, 0.4) is 0 Å². The fourth-order valence-corrected chi connectivity index (χ4v) is 3.84. The van der Waals surface area contributed by atoms with Gasteiger partial charge in [-0.05, 0) is 49.6 Å². The lowest BCUT2D eigenvalue weighted by atomic mass is 10.00. The number of halogens is 6. The Hall–Kier alpha value is -3.96. The SMILES string of the molecule is C=C(C)C(=O)OCC(COc1ccc2cc(-c3ccc(CCCCC)cc3OC(F)(F)F)c(=O)oc2c1)C(F)(F)F. The molecule has 3 rings (SSSR count). The van der Waals surface area contributed by atoms with E-state index in [1.807, 2.05) is 6.92 Å². The minimum atomic E-state index is -5.00. The minimum Gasteiger partial charge on any atom is -0.493 e. The lowest BCUT2D eigenvalue weighted by Gasteiger charge is -2.20. The van der Waals surface area contributed by atoms with Crippen LogP contribution in [0, 0.1) is 5.92 Å². The maximum atomic E-state index is 13.4. The second-order valence-electron chi connectivity index (χ2n) is 9.41. The lowest BCUT2D eigenvalue weighted by molar-refractivity contribution is -0.274. The number of alkyl halides is 6. The van der Waals surface area contributed by atoms with Gasteiger partial charge in [0.25, 0.3) is 0 Å². The van der Waals surface area contributed by atoms with Crippen LogP contribution in [-0.2, 0) is 16.0 Å². The fraction of sp³-hybridized carbons (Fsp3) is 0.379. The zero-order chi connectivity index (χ0) is 30.4. The maximum Gasteiger partial charge on any atom is 0.573 e. The third kappa shape index (κ3) is 9.02. The Labute approximate surface area is 231 Å². The molecular formula is C29H28F6O6. The highest BCUT2D eigenvalue weighted by molar-refractivity contribution is 5.87. The molecule has 0 aliphatic carbocycles. The van der Waals surface area contributed by atoms with Crippen LogP contribution < -0.4 is 15.1 Å². The number of unbranched alkanes of at least 4 members (excludes halogenated alkanes) is 2. The Morgan fingerprint density at radius 3 is 2.34 bits per heavy atom. The van der Waals surface area contributed by atoms with E-state index in [-0.39, 0.29) is 33.4 Å². The zero-order valence-corrected chi connectivity index (χ0v) is 22.3. The predicted octanol–water partition coefficient (Wildman–Crippen LogP) is 7.77. The van der Waals surface area contributed by atoms with E-state index < -0.39 is 49.0 Å². The number of rotatable bonds is 12. The maximum absolute atomic E-state index is 13.4. The van der Waals surface area contributed by atoms with Gasteiger partial charge in [0, 0.05) is 22.6 Å². The normalized spacial score (nSPS) is 12.7. The van der Waals surface area contributed by atoms with Crippen LogP contribution in [0.15, 0.2) is 63.8 Å². The first kappa shape index (κ1) is 31.6. The molecule has 1 atom stereocenters. The van der Waals surface area contributed by atoms with Crippen molar-refractivity contribution in [1.29, 1.82) is 0 Å². The first-order valence-electron chi connectivity index (χ1n) is 12.7. The van der Waals surface area contributed by atoms with Gasteiger partial charge in [-0.15, -0.1) is 13.2 Å². The monoisotopic (exact) mass is 586 g/mol. The van der Waals surface area contributed by atoms with Gasteiger partial charge in [0.1, 0.15) is 36.2 Å². The molecule has 0 radical (unpaired) electrons. The summed E-state index contributed by atoms with van der Waals surface area (Å²) in [5.41, 5.74) is -0.823. The number of fused-ring (bicyclic) bond motifs is 1. The first-order valence-corrected chi connectivity index (χ1v) is 12.7. The van der Waals surface area contributed by atoms with Crippen LogP contribution in [0.1, 0.15) is 38.7 Å². The zero-order valence-electron chi connectivity index (χ0n) is 22.3. The van der Waals surface area contributed by atoms with Gasteiger partial charge in [0.2, 0.25) is 0 Å². The second kappa shape index (κ2) is 13.1. The van der Waals surface area contributed by atoms with Gasteiger partial charge in [-0.2, -0.15) is 13.2 Å². The molecular weight excluding hydrogens is 558 g/mol. The molecule has 0 saturated heterocycles. The first-order chi connectivity index (χ1) is 19.2. The highest BCUT2D eigenvalue weighted by Crippen LogP contribution is 2.35. The van der Waals surface area contributed by atoms with Crippen LogP contribution >= 0.6 is 0 Å². The van der Waals surface area contributed by atoms with Crippen molar-refractivity contribution in [3.8, 4) is 22.6 Å². The van der Waals surface area contributed by atoms with E-state index in [1.54, 1.807) is 6.07 Å². The van der Waals surface area contributed by atoms with E-state index in [0.29, 0.717) is 12.0 Å². The Morgan fingerprint density at radius 1 is 0.976 bits per heavy atom. The second-order valence-corrected chi connectivity index (χ2v) is 9.41. The molecule has 41 heavy (non-hydrogen) atoms. The highest BCUT2D eigenvalue weighted by atomic mass is 19.4. The predicted molar refractivity (Wildman–Crippen MR) is 139 cm³/mol. The van der Waals surface area contributed by atoms with E-state index in [4.69, 9.17) is 9.15 Å². The summed E-state index contributed by atoms with van der Waals surface area (Å²) < 4.78 is 99.0. The van der Waals surface area contributed by atoms with Gasteiger partial charge in [0.15, 0.2) is 0 Å². The lowest BCUT2D eigenvalue weighted by Crippen LogP contribution is -2.33. The summed E-state index contributed by atoms with van der Waals surface area (Å²) in [7, 11) is 0. The quantitative estimate of drug-likeness (QED) is 0.0710. The van der Waals surface area contributed by atoms with Gasteiger partial charge < -0.3 is 18.6 Å². The molecule has 1 heterocycles. The Bertz CT molecular complexity index is 1440. The highest BCUT2D eigenvalue weighted by Gasteiger charge is 2.41. The van der Waals surface area contributed by atoms with Crippen molar-refractivity contribution >= 4 is 16.9 Å². The number of carbonyl (C=O) groups excluding carboxylic acids is 1. The van der Waals surface area contributed by atoms with Gasteiger partial charge in [0.05, 0.1) is 5.56 Å². The summed E-state index contributed by atoms with van der Waals surface area (Å²) in [6, 6.07) is 9.38. The molecule has 1 unspecified atom stereocenters. The molecule has 6 nitrogen and oxygen atoms in total. The summed E-state index contributed by atoms with van der Waals surface area (Å²) in [6.07, 6.45) is -6.61. The van der Waals surface area contributed by atoms with Gasteiger partial charge in [-0.1, -0.05) is 38.5 Å². The minimum absolute atomic E-state index is 0.0595. The number of ether oxygens (including phenoxy) is 3. The fourth-order valence-electron chi connectivity index (χ4n) is 3.84. The van der Waals surface area contributed by atoms with Crippen LogP contribution in [0.2, 0.25) is 0 Å². The number of esters is 1. The Kier molecular flexibility index (Phi) is 10.1. The number of carbonyl (C=O) groups is 1. The van der Waals surface area contributed by atoms with E-state index in [2.05, 4.69) is 16.1 Å². The molecule has 2 aromatic carbocycles. The summed E-state index contributed by atoms with van der Waals surface area (Å²) in [5.74, 6) is -3.75. The van der Waals surface area contributed by atoms with Crippen LogP contribution in [-0.4, -0.2) is 31.7 Å². The summed E-state index contributed by atoms with van der Waals surface area (Å²) in [4.78, 5) is 24.3. The van der Waals surface area contributed by atoms with Crippen molar-refractivity contribution in [2.24, 2.45) is 5.92 Å². The molecule has 12 heteroatoms. The van der Waals surface area contributed by atoms with Crippen molar-refractivity contribution in [2.75, 3.05) is 13.2 Å². The van der Waals surface area contributed by atoms with Gasteiger partial charge in [-0.3, -0.25) is 0 Å². The molecule has 0 N–H and O–H groups in total. The van der Waals surface area contributed by atoms with E-state index in [0.717, 1.165) is 19.3 Å². The van der Waals surface area contributed by atoms with Crippen molar-refractivity contribution in [2.45, 2.75) is 52.1 Å². The summed E-state index contributed by atoms with van der Waals surface area (Å²) in [6.45, 7) is 4.72. The molecule has 1 aromatic heterocycles. The van der Waals surface area contributed by atoms with E-state index in [9.17, 15) is 35.9 Å². The van der Waals surface area contributed by atoms with Crippen molar-refractivity contribution in [3.05, 3.63) is 70.6 Å². The molecule has 0 saturated carbocycles. The smallest absolute Gasteiger partial charge is 0.493 e. The molecule has 0 aliphatic heterocycles. The number of aryl methyl sites for hydroxylation is 1. The third-order valence-electron chi connectivity index (χ3n) is 6.02. The molecule has 0 bridgehead atoms. The topological polar surface area (TPSA) is 75.0 Å². The molecule has 0 fully saturated rings. The Balaban J connectivity index is 1.87. The average molecular weight is 587 g/mol. The van der Waals surface area contributed by atoms with Gasteiger partial charge >= 0.3 is 24.1 Å². The molecule has 0 aliphatic rings. The Morgan fingerprint density at radius 2 is 1.71 bits per heavy atom. The van der Waals surface area contributed by atoms with Crippen molar-refractivity contribution < 1.29 is 49.8 Å². The largest absolute Gasteiger partial charge is 0.573 e. The summed E-state index contributed by atoms with van der Waals surface area (Å²) >= 11 is 0. The van der Waals surface area contributed by atoms with Crippen LogP contribution in [0.25, 0.3) is 22.1 Å². The van der Waals surface area contributed by atoms with Crippen molar-refractivity contribution in [3.63, 3.8) is 0 Å². The van der Waals surface area contributed by atoms with Crippen LogP contribution in [0.5, 0.6) is 11.5 Å². The van der Waals surface area contributed by atoms with Crippen molar-refractivity contribution in [1.82, 2.24) is 0 Å².